The average molecular weight is 318 g/mol. The molecule has 4 nitrogen and oxygen atoms in total. The van der Waals surface area contributed by atoms with Crippen LogP contribution in [-0.2, 0) is 15.8 Å². The molecule has 1 aliphatic rings. The van der Waals surface area contributed by atoms with E-state index in [1.807, 2.05) is 43.3 Å². The van der Waals surface area contributed by atoms with Gasteiger partial charge in [0, 0.05) is 31.5 Å². The van der Waals surface area contributed by atoms with Gasteiger partial charge >= 0.3 is 0 Å². The van der Waals surface area contributed by atoms with E-state index in [1.54, 1.807) is 4.31 Å². The maximum Gasteiger partial charge on any atom is 0.218 e. The van der Waals surface area contributed by atoms with Crippen molar-refractivity contribution in [1.82, 2.24) is 8.87 Å². The van der Waals surface area contributed by atoms with Gasteiger partial charge in [0.05, 0.1) is 5.75 Å². The highest BCUT2D eigenvalue weighted by atomic mass is 32.2. The van der Waals surface area contributed by atoms with E-state index in [-0.39, 0.29) is 5.75 Å². The van der Waals surface area contributed by atoms with Gasteiger partial charge in [-0.05, 0) is 37.5 Å². The Labute approximate surface area is 132 Å². The quantitative estimate of drug-likeness (QED) is 0.870. The molecule has 0 spiro atoms. The molecule has 0 amide bonds. The number of sulfonamides is 1. The van der Waals surface area contributed by atoms with Crippen LogP contribution in [0, 0.1) is 6.92 Å². The van der Waals surface area contributed by atoms with E-state index in [4.69, 9.17) is 0 Å². The first-order valence-electron chi connectivity index (χ1n) is 7.70. The third-order valence-electron chi connectivity index (χ3n) is 4.30. The minimum atomic E-state index is -3.22. The fraction of sp³-hybridized carbons (Fsp3) is 0.412. The summed E-state index contributed by atoms with van der Waals surface area (Å²) in [4.78, 5) is 0. The maximum absolute atomic E-state index is 12.6. The van der Waals surface area contributed by atoms with Crippen molar-refractivity contribution < 1.29 is 8.42 Å². The molecular formula is C17H22N2O2S. The Morgan fingerprint density at radius 1 is 1.09 bits per heavy atom. The van der Waals surface area contributed by atoms with Crippen LogP contribution in [0.15, 0.2) is 48.8 Å². The number of hydrogen-bond donors (Lipinski definition) is 0. The number of benzene rings is 1. The molecule has 1 aromatic carbocycles. The fourth-order valence-corrected chi connectivity index (χ4v) is 4.66. The van der Waals surface area contributed by atoms with Gasteiger partial charge in [-0.3, -0.25) is 0 Å². The lowest BCUT2D eigenvalue weighted by Gasteiger charge is -2.32. The molecular weight excluding hydrogens is 296 g/mol. The summed E-state index contributed by atoms with van der Waals surface area (Å²) < 4.78 is 29.0. The zero-order valence-corrected chi connectivity index (χ0v) is 13.7. The number of rotatable bonds is 4. The normalized spacial score (nSPS) is 17.7. The Bertz CT molecular complexity index is 715. The lowest BCUT2D eigenvalue weighted by molar-refractivity contribution is 0.274. The largest absolute Gasteiger partial charge is 0.351 e. The summed E-state index contributed by atoms with van der Waals surface area (Å²) in [6.45, 7) is 3.20. The van der Waals surface area contributed by atoms with E-state index in [1.165, 1.54) is 0 Å². The molecule has 0 saturated carbocycles. The van der Waals surface area contributed by atoms with Crippen molar-refractivity contribution in [3.8, 4) is 0 Å². The Kier molecular flexibility index (Phi) is 4.36. The van der Waals surface area contributed by atoms with Crippen molar-refractivity contribution in [2.24, 2.45) is 0 Å². The SMILES string of the molecule is Cc1cccc(CS(=O)(=O)N2CCC(n3cccc3)CC2)c1. The molecule has 2 aromatic rings. The predicted molar refractivity (Wildman–Crippen MR) is 88.1 cm³/mol. The second-order valence-electron chi connectivity index (χ2n) is 6.01. The summed E-state index contributed by atoms with van der Waals surface area (Å²) in [5.74, 6) is 0.100. The standard InChI is InChI=1S/C17H22N2O2S/c1-15-5-4-6-16(13-15)14-22(20,21)19-11-7-17(8-12-19)18-9-2-3-10-18/h2-6,9-10,13,17H,7-8,11-12,14H2,1H3. The molecule has 1 aromatic heterocycles. The third-order valence-corrected chi connectivity index (χ3v) is 6.15. The maximum atomic E-state index is 12.6. The lowest BCUT2D eigenvalue weighted by Crippen LogP contribution is -2.39. The summed E-state index contributed by atoms with van der Waals surface area (Å²) in [6.07, 6.45) is 5.87. The first kappa shape index (κ1) is 15.3. The van der Waals surface area contributed by atoms with E-state index >= 15 is 0 Å². The Morgan fingerprint density at radius 2 is 1.77 bits per heavy atom. The van der Waals surface area contributed by atoms with Gasteiger partial charge in [-0.2, -0.15) is 0 Å². The van der Waals surface area contributed by atoms with Gasteiger partial charge in [0.25, 0.3) is 0 Å². The molecule has 0 bridgehead atoms. The third kappa shape index (κ3) is 3.42. The van der Waals surface area contributed by atoms with E-state index in [2.05, 4.69) is 17.0 Å². The number of hydrogen-bond acceptors (Lipinski definition) is 2. The molecule has 1 saturated heterocycles. The topological polar surface area (TPSA) is 42.3 Å². The van der Waals surface area contributed by atoms with Gasteiger partial charge < -0.3 is 4.57 Å². The Balaban J connectivity index is 1.64. The van der Waals surface area contributed by atoms with Crippen LogP contribution in [0.2, 0.25) is 0 Å². The summed E-state index contributed by atoms with van der Waals surface area (Å²) in [6, 6.07) is 12.2. The van der Waals surface area contributed by atoms with Crippen LogP contribution in [0.25, 0.3) is 0 Å². The molecule has 22 heavy (non-hydrogen) atoms. The van der Waals surface area contributed by atoms with Crippen LogP contribution in [-0.4, -0.2) is 30.4 Å². The summed E-state index contributed by atoms with van der Waals surface area (Å²) >= 11 is 0. The van der Waals surface area contributed by atoms with Crippen LogP contribution in [0.3, 0.4) is 0 Å². The van der Waals surface area contributed by atoms with E-state index in [9.17, 15) is 8.42 Å². The molecule has 118 valence electrons. The summed E-state index contributed by atoms with van der Waals surface area (Å²) in [5.41, 5.74) is 1.96. The van der Waals surface area contributed by atoms with Gasteiger partial charge in [-0.15, -0.1) is 0 Å². The van der Waals surface area contributed by atoms with Gasteiger partial charge in [0.2, 0.25) is 10.0 Å². The van der Waals surface area contributed by atoms with E-state index in [0.717, 1.165) is 24.0 Å². The van der Waals surface area contributed by atoms with Crippen LogP contribution in [0.1, 0.15) is 30.0 Å². The zero-order valence-electron chi connectivity index (χ0n) is 12.9. The molecule has 2 heterocycles. The minimum Gasteiger partial charge on any atom is -0.351 e. The summed E-state index contributed by atoms with van der Waals surface area (Å²) in [5, 5.41) is 0. The number of aryl methyl sites for hydroxylation is 1. The van der Waals surface area contributed by atoms with Gasteiger partial charge in [0.1, 0.15) is 0 Å². The molecule has 5 heteroatoms. The average Bonchev–Trinajstić information content (AvgIpc) is 3.01. The molecule has 3 rings (SSSR count). The smallest absolute Gasteiger partial charge is 0.218 e. The van der Waals surface area contributed by atoms with Crippen LogP contribution < -0.4 is 0 Å². The van der Waals surface area contributed by atoms with Crippen molar-refractivity contribution in [2.45, 2.75) is 31.6 Å². The lowest BCUT2D eigenvalue weighted by atomic mass is 10.1. The van der Waals surface area contributed by atoms with Crippen LogP contribution in [0.4, 0.5) is 0 Å². The predicted octanol–water partition coefficient (Wildman–Crippen LogP) is 2.96. The van der Waals surface area contributed by atoms with Crippen molar-refractivity contribution >= 4 is 10.0 Å². The molecule has 0 aliphatic carbocycles. The first-order chi connectivity index (χ1) is 10.5. The Hall–Kier alpha value is -1.59. The number of piperidine rings is 1. The van der Waals surface area contributed by atoms with Gasteiger partial charge in [-0.1, -0.05) is 29.8 Å². The fourth-order valence-electron chi connectivity index (χ4n) is 3.11. The second-order valence-corrected chi connectivity index (χ2v) is 7.97. The molecule has 1 aliphatic heterocycles. The molecule has 0 atom stereocenters. The van der Waals surface area contributed by atoms with Crippen molar-refractivity contribution in [2.75, 3.05) is 13.1 Å². The van der Waals surface area contributed by atoms with Gasteiger partial charge in [0.15, 0.2) is 0 Å². The van der Waals surface area contributed by atoms with E-state index < -0.39 is 10.0 Å². The highest BCUT2D eigenvalue weighted by molar-refractivity contribution is 7.88. The molecule has 0 radical (unpaired) electrons. The first-order valence-corrected chi connectivity index (χ1v) is 9.31. The number of nitrogens with zero attached hydrogens (tertiary/aromatic N) is 2. The van der Waals surface area contributed by atoms with Crippen molar-refractivity contribution in [1.29, 1.82) is 0 Å². The van der Waals surface area contributed by atoms with Crippen LogP contribution >= 0.6 is 0 Å². The molecule has 0 N–H and O–H groups in total. The second kappa shape index (κ2) is 6.26. The zero-order chi connectivity index (χ0) is 15.6. The highest BCUT2D eigenvalue weighted by Gasteiger charge is 2.28. The highest BCUT2D eigenvalue weighted by Crippen LogP contribution is 2.25. The molecule has 1 fully saturated rings. The van der Waals surface area contributed by atoms with Crippen molar-refractivity contribution in [3.05, 3.63) is 59.9 Å². The summed E-state index contributed by atoms with van der Waals surface area (Å²) in [7, 11) is -3.22. The monoisotopic (exact) mass is 318 g/mol. The number of aromatic nitrogens is 1. The van der Waals surface area contributed by atoms with E-state index in [0.29, 0.717) is 19.1 Å². The molecule has 0 unspecified atom stereocenters. The van der Waals surface area contributed by atoms with Crippen LogP contribution in [0.5, 0.6) is 0 Å². The Morgan fingerprint density at radius 3 is 2.41 bits per heavy atom. The van der Waals surface area contributed by atoms with Gasteiger partial charge in [-0.25, -0.2) is 12.7 Å². The minimum absolute atomic E-state index is 0.100. The van der Waals surface area contributed by atoms with Crippen molar-refractivity contribution in [3.63, 3.8) is 0 Å².